The van der Waals surface area contributed by atoms with Gasteiger partial charge < -0.3 is 4.74 Å². The fraction of sp³-hybridized carbons (Fsp3) is 0.0370. The summed E-state index contributed by atoms with van der Waals surface area (Å²) in [5.74, 6) is 0.568. The van der Waals surface area contributed by atoms with Crippen molar-refractivity contribution in [3.05, 3.63) is 111 Å². The fourth-order valence-electron chi connectivity index (χ4n) is 3.62. The molecule has 1 saturated heterocycles. The lowest BCUT2D eigenvalue weighted by Crippen LogP contribution is -2.27. The zero-order valence-corrected chi connectivity index (χ0v) is 20.8. The molecule has 168 valence electrons. The van der Waals surface area contributed by atoms with Crippen LogP contribution in [0.5, 0.6) is 5.75 Å². The molecule has 7 heteroatoms. The van der Waals surface area contributed by atoms with Crippen molar-refractivity contribution >= 4 is 79.9 Å². The average molecular weight is 522 g/mol. The second-order valence-corrected chi connectivity index (χ2v) is 10.1. The molecule has 1 aliphatic heterocycles. The Bertz CT molecular complexity index is 1450. The molecule has 0 aliphatic carbocycles. The van der Waals surface area contributed by atoms with E-state index in [1.54, 1.807) is 18.2 Å². The van der Waals surface area contributed by atoms with Crippen molar-refractivity contribution in [1.82, 2.24) is 0 Å². The lowest BCUT2D eigenvalue weighted by Gasteiger charge is -2.15. The molecule has 1 fully saturated rings. The van der Waals surface area contributed by atoms with E-state index in [0.29, 0.717) is 31.6 Å². The third-order valence-electron chi connectivity index (χ3n) is 5.35. The summed E-state index contributed by atoms with van der Waals surface area (Å²) in [7, 11) is 0. The minimum Gasteiger partial charge on any atom is -0.489 e. The van der Waals surface area contributed by atoms with Gasteiger partial charge in [0.05, 0.1) is 20.6 Å². The lowest BCUT2D eigenvalue weighted by molar-refractivity contribution is -0.113. The Labute approximate surface area is 216 Å². The van der Waals surface area contributed by atoms with Gasteiger partial charge in [-0.1, -0.05) is 95.7 Å². The van der Waals surface area contributed by atoms with Gasteiger partial charge in [-0.25, -0.2) is 0 Å². The predicted octanol–water partition coefficient (Wildman–Crippen LogP) is 8.13. The minimum absolute atomic E-state index is 0.190. The van der Waals surface area contributed by atoms with Gasteiger partial charge in [-0.15, -0.1) is 0 Å². The van der Waals surface area contributed by atoms with E-state index < -0.39 is 0 Å². The van der Waals surface area contributed by atoms with E-state index in [1.165, 1.54) is 27.4 Å². The molecule has 0 unspecified atom stereocenters. The zero-order valence-electron chi connectivity index (χ0n) is 17.7. The third-order valence-corrected chi connectivity index (χ3v) is 7.39. The highest BCUT2D eigenvalue weighted by atomic mass is 35.5. The van der Waals surface area contributed by atoms with Crippen molar-refractivity contribution in [2.45, 2.75) is 6.61 Å². The third kappa shape index (κ3) is 4.84. The molecule has 1 heterocycles. The highest BCUT2D eigenvalue weighted by molar-refractivity contribution is 8.27. The molecular weight excluding hydrogens is 505 g/mol. The average Bonchev–Trinajstić information content (AvgIpc) is 3.12. The van der Waals surface area contributed by atoms with E-state index >= 15 is 0 Å². The van der Waals surface area contributed by atoms with E-state index in [0.717, 1.165) is 16.9 Å². The number of ether oxygens (including phenoxy) is 1. The Morgan fingerprint density at radius 1 is 0.882 bits per heavy atom. The molecule has 34 heavy (non-hydrogen) atoms. The molecule has 1 amide bonds. The molecule has 3 nitrogen and oxygen atoms in total. The molecule has 0 saturated carbocycles. The van der Waals surface area contributed by atoms with Crippen molar-refractivity contribution in [3.63, 3.8) is 0 Å². The van der Waals surface area contributed by atoms with E-state index in [-0.39, 0.29) is 5.91 Å². The number of halogens is 2. The first-order valence-corrected chi connectivity index (χ1v) is 12.4. The monoisotopic (exact) mass is 521 g/mol. The molecule has 0 spiro atoms. The van der Waals surface area contributed by atoms with E-state index in [2.05, 4.69) is 30.3 Å². The summed E-state index contributed by atoms with van der Waals surface area (Å²) in [5, 5.41) is 3.20. The van der Waals surface area contributed by atoms with Crippen molar-refractivity contribution in [2.75, 3.05) is 4.90 Å². The summed E-state index contributed by atoms with van der Waals surface area (Å²) in [4.78, 5) is 15.0. The van der Waals surface area contributed by atoms with Gasteiger partial charge in [0, 0.05) is 0 Å². The number of amides is 1. The highest BCUT2D eigenvalue weighted by Gasteiger charge is 2.33. The van der Waals surface area contributed by atoms with Gasteiger partial charge in [-0.05, 0) is 64.4 Å². The maximum absolute atomic E-state index is 13.0. The van der Waals surface area contributed by atoms with Gasteiger partial charge in [-0.2, -0.15) is 0 Å². The molecule has 0 aromatic heterocycles. The summed E-state index contributed by atoms with van der Waals surface area (Å²) in [6.07, 6.45) is 1.82. The van der Waals surface area contributed by atoms with Crippen LogP contribution in [0.1, 0.15) is 11.1 Å². The summed E-state index contributed by atoms with van der Waals surface area (Å²) >= 11 is 18.8. The second-order valence-electron chi connectivity index (χ2n) is 7.65. The minimum atomic E-state index is -0.190. The van der Waals surface area contributed by atoms with Gasteiger partial charge >= 0.3 is 0 Å². The standard InChI is InChI=1S/C27H17Cl2NO2S2/c28-23-12-9-21(15-24(23)29)30-26(31)25(34-27(30)33)14-17-6-10-22(11-7-17)32-16-18-5-8-19-3-1-2-4-20(19)13-18/h1-15H,16H2/b25-14+. The second kappa shape index (κ2) is 9.80. The number of thioether (sulfide) groups is 1. The van der Waals surface area contributed by atoms with Crippen LogP contribution < -0.4 is 9.64 Å². The van der Waals surface area contributed by atoms with Crippen molar-refractivity contribution in [2.24, 2.45) is 0 Å². The molecule has 0 N–H and O–H groups in total. The Kier molecular flexibility index (Phi) is 6.61. The number of benzene rings is 4. The van der Waals surface area contributed by atoms with Crippen LogP contribution in [0.3, 0.4) is 0 Å². The van der Waals surface area contributed by atoms with Gasteiger partial charge in [0.15, 0.2) is 4.32 Å². The maximum atomic E-state index is 13.0. The number of hydrogen-bond acceptors (Lipinski definition) is 4. The van der Waals surface area contributed by atoms with Crippen LogP contribution in [0.25, 0.3) is 16.8 Å². The van der Waals surface area contributed by atoms with Crippen LogP contribution in [-0.2, 0) is 11.4 Å². The number of rotatable bonds is 5. The number of hydrogen-bond donors (Lipinski definition) is 0. The number of thiocarbonyl (C=S) groups is 1. The zero-order chi connectivity index (χ0) is 23.7. The van der Waals surface area contributed by atoms with Gasteiger partial charge in [0.25, 0.3) is 5.91 Å². The van der Waals surface area contributed by atoms with Crippen molar-refractivity contribution < 1.29 is 9.53 Å². The molecule has 1 aliphatic rings. The molecule has 4 aromatic carbocycles. The van der Waals surface area contributed by atoms with Crippen LogP contribution in [0, 0.1) is 0 Å². The Balaban J connectivity index is 1.27. The molecule has 0 atom stereocenters. The van der Waals surface area contributed by atoms with E-state index in [4.69, 9.17) is 40.2 Å². The predicted molar refractivity (Wildman–Crippen MR) is 147 cm³/mol. The Morgan fingerprint density at radius 3 is 2.41 bits per heavy atom. The number of anilines is 1. The smallest absolute Gasteiger partial charge is 0.270 e. The number of carbonyl (C=O) groups is 1. The number of nitrogens with zero attached hydrogens (tertiary/aromatic N) is 1. The Hall–Kier alpha value is -2.83. The topological polar surface area (TPSA) is 29.5 Å². The van der Waals surface area contributed by atoms with Crippen LogP contribution in [0.2, 0.25) is 10.0 Å². The molecule has 0 radical (unpaired) electrons. The molecule has 4 aromatic rings. The quantitative estimate of drug-likeness (QED) is 0.196. The molecule has 5 rings (SSSR count). The van der Waals surface area contributed by atoms with Crippen LogP contribution in [0.15, 0.2) is 89.8 Å². The fourth-order valence-corrected chi connectivity index (χ4v) is 5.21. The highest BCUT2D eigenvalue weighted by Crippen LogP contribution is 2.38. The first kappa shape index (κ1) is 22.9. The SMILES string of the molecule is O=C1/C(=C\c2ccc(OCc3ccc4ccccc4c3)cc2)SC(=S)N1c1ccc(Cl)c(Cl)c1. The Morgan fingerprint density at radius 2 is 1.65 bits per heavy atom. The van der Waals surface area contributed by atoms with Gasteiger partial charge in [0.1, 0.15) is 12.4 Å². The summed E-state index contributed by atoms with van der Waals surface area (Å²) in [6, 6.07) is 27.2. The van der Waals surface area contributed by atoms with E-state index in [9.17, 15) is 4.79 Å². The first-order valence-electron chi connectivity index (χ1n) is 10.4. The lowest BCUT2D eigenvalue weighted by atomic mass is 10.1. The van der Waals surface area contributed by atoms with Crippen molar-refractivity contribution in [3.8, 4) is 5.75 Å². The van der Waals surface area contributed by atoms with Crippen molar-refractivity contribution in [1.29, 1.82) is 0 Å². The summed E-state index contributed by atoms with van der Waals surface area (Å²) in [6.45, 7) is 0.479. The molecule has 0 bridgehead atoms. The first-order chi connectivity index (χ1) is 16.5. The summed E-state index contributed by atoms with van der Waals surface area (Å²) < 4.78 is 6.40. The van der Waals surface area contributed by atoms with Crippen LogP contribution in [-0.4, -0.2) is 10.2 Å². The number of fused-ring (bicyclic) bond motifs is 1. The largest absolute Gasteiger partial charge is 0.489 e. The van der Waals surface area contributed by atoms with E-state index in [1.807, 2.05) is 42.5 Å². The van der Waals surface area contributed by atoms with Gasteiger partial charge in [0.2, 0.25) is 0 Å². The molecular formula is C27H17Cl2NO2S2. The van der Waals surface area contributed by atoms with Gasteiger partial charge in [-0.3, -0.25) is 9.69 Å². The number of carbonyl (C=O) groups excluding carboxylic acids is 1. The maximum Gasteiger partial charge on any atom is 0.270 e. The normalized spacial score (nSPS) is 14.9. The van der Waals surface area contributed by atoms with Crippen LogP contribution in [0.4, 0.5) is 5.69 Å². The summed E-state index contributed by atoms with van der Waals surface area (Å²) in [5.41, 5.74) is 2.58. The van der Waals surface area contributed by atoms with Crippen LogP contribution >= 0.6 is 47.2 Å².